The molecule has 39 heavy (non-hydrogen) atoms. The van der Waals surface area contributed by atoms with Crippen molar-refractivity contribution in [1.29, 1.82) is 0 Å². The van der Waals surface area contributed by atoms with Crippen molar-refractivity contribution in [3.8, 4) is 11.3 Å². The van der Waals surface area contributed by atoms with Crippen molar-refractivity contribution in [3.63, 3.8) is 0 Å². The van der Waals surface area contributed by atoms with Crippen LogP contribution in [0, 0.1) is 5.41 Å². The summed E-state index contributed by atoms with van der Waals surface area (Å²) in [4.78, 5) is 9.60. The van der Waals surface area contributed by atoms with Crippen LogP contribution in [0.2, 0.25) is 0 Å². The highest BCUT2D eigenvalue weighted by molar-refractivity contribution is 5.95. The Morgan fingerprint density at radius 2 is 2.03 bits per heavy atom. The van der Waals surface area contributed by atoms with Crippen molar-refractivity contribution in [3.05, 3.63) is 84.9 Å². The fourth-order valence-electron chi connectivity index (χ4n) is 5.04. The van der Waals surface area contributed by atoms with Gasteiger partial charge < -0.3 is 19.8 Å². The Balaban J connectivity index is 2.33. The summed E-state index contributed by atoms with van der Waals surface area (Å²) in [5.41, 5.74) is 14.6. The fraction of sp³-hybridized carbons (Fsp3) is 0.394. The predicted molar refractivity (Wildman–Crippen MR) is 165 cm³/mol. The van der Waals surface area contributed by atoms with E-state index in [9.17, 15) is 0 Å². The van der Waals surface area contributed by atoms with Crippen LogP contribution in [0.5, 0.6) is 0 Å². The third kappa shape index (κ3) is 6.94. The average Bonchev–Trinajstić information content (AvgIpc) is 3.24. The van der Waals surface area contributed by atoms with Gasteiger partial charge in [0.05, 0.1) is 30.0 Å². The lowest BCUT2D eigenvalue weighted by atomic mass is 9.84. The molecule has 2 aromatic heterocycles. The van der Waals surface area contributed by atoms with Crippen LogP contribution >= 0.6 is 0 Å². The Morgan fingerprint density at radius 3 is 2.67 bits per heavy atom. The maximum Gasteiger partial charge on any atom is 0.149 e. The quantitative estimate of drug-likeness (QED) is 0.100. The number of rotatable bonds is 14. The van der Waals surface area contributed by atoms with Gasteiger partial charge in [-0.15, -0.1) is 6.58 Å². The molecule has 3 rings (SSSR count). The van der Waals surface area contributed by atoms with Crippen molar-refractivity contribution in [2.24, 2.45) is 16.1 Å². The Morgan fingerprint density at radius 1 is 1.26 bits per heavy atom. The zero-order valence-electron chi connectivity index (χ0n) is 24.5. The lowest BCUT2D eigenvalue weighted by Gasteiger charge is -2.25. The second-order valence-electron chi connectivity index (χ2n) is 10.6. The highest BCUT2D eigenvalue weighted by Gasteiger charge is 2.28. The third-order valence-corrected chi connectivity index (χ3v) is 6.94. The molecule has 0 saturated carbocycles. The first-order valence-corrected chi connectivity index (χ1v) is 13.6. The maximum atomic E-state index is 6.37. The van der Waals surface area contributed by atoms with Crippen molar-refractivity contribution < 1.29 is 9.47 Å². The largest absolute Gasteiger partial charge is 0.501 e. The topological polar surface area (TPSA) is 74.7 Å². The molecule has 0 spiro atoms. The number of aromatic nitrogens is 2. The molecule has 2 heterocycles. The fourth-order valence-corrected chi connectivity index (χ4v) is 5.04. The molecule has 0 aliphatic rings. The normalized spacial score (nSPS) is 13.5. The second kappa shape index (κ2) is 13.5. The van der Waals surface area contributed by atoms with Gasteiger partial charge in [0.2, 0.25) is 0 Å². The van der Waals surface area contributed by atoms with Crippen LogP contribution < -0.4 is 5.73 Å². The Bertz CT molecular complexity index is 1360. The number of methoxy groups -OCH3 is 1. The molecular weight excluding hydrogens is 484 g/mol. The van der Waals surface area contributed by atoms with Crippen molar-refractivity contribution in [2.45, 2.75) is 66.7 Å². The van der Waals surface area contributed by atoms with Crippen molar-refractivity contribution in [1.82, 2.24) is 9.55 Å². The van der Waals surface area contributed by atoms with E-state index in [0.29, 0.717) is 6.61 Å². The standard InChI is InChI=1S/C33H44N4O2/c1-9-13-15-23(5)36-28(10-2)24-17-18-29-26(20-24)27(21-33(6,7)22-39-12-4)31(37(29)11-3)25-16-14-19-35-30(25)32(34)38-8/h9-10,12,14,16-20,32H,1,4,11,13,15,21-22,34H2,2-3,5-8H3/b28-10-,36-23?. The third-order valence-electron chi connectivity index (χ3n) is 6.94. The molecule has 1 aromatic carbocycles. The van der Waals surface area contributed by atoms with E-state index in [0.717, 1.165) is 65.2 Å². The molecule has 6 nitrogen and oxygen atoms in total. The predicted octanol–water partition coefficient (Wildman–Crippen LogP) is 7.84. The van der Waals surface area contributed by atoms with Gasteiger partial charge in [-0.1, -0.05) is 38.6 Å². The molecule has 3 aromatic rings. The number of ether oxygens (including phenoxy) is 2. The number of allylic oxidation sites excluding steroid dienone is 2. The molecule has 6 heteroatoms. The summed E-state index contributed by atoms with van der Waals surface area (Å²) >= 11 is 0. The van der Waals surface area contributed by atoms with Gasteiger partial charge in [-0.3, -0.25) is 9.98 Å². The molecule has 0 bridgehead atoms. The van der Waals surface area contributed by atoms with Crippen LogP contribution in [0.3, 0.4) is 0 Å². The molecule has 208 valence electrons. The summed E-state index contributed by atoms with van der Waals surface area (Å²) in [5.74, 6) is 0. The molecule has 1 atom stereocenters. The molecule has 1 unspecified atom stereocenters. The summed E-state index contributed by atoms with van der Waals surface area (Å²) in [6.07, 6.45) is 9.25. The second-order valence-corrected chi connectivity index (χ2v) is 10.6. The average molecular weight is 529 g/mol. The van der Waals surface area contributed by atoms with E-state index < -0.39 is 6.23 Å². The smallest absolute Gasteiger partial charge is 0.149 e. The van der Waals surface area contributed by atoms with Gasteiger partial charge >= 0.3 is 0 Å². The lowest BCUT2D eigenvalue weighted by molar-refractivity contribution is 0.106. The highest BCUT2D eigenvalue weighted by Crippen LogP contribution is 2.41. The van der Waals surface area contributed by atoms with E-state index in [1.807, 2.05) is 19.1 Å². The van der Waals surface area contributed by atoms with Crippen molar-refractivity contribution >= 4 is 22.3 Å². The van der Waals surface area contributed by atoms with Gasteiger partial charge in [0.25, 0.3) is 0 Å². The van der Waals surface area contributed by atoms with Crippen molar-refractivity contribution in [2.75, 3.05) is 13.7 Å². The van der Waals surface area contributed by atoms with Crippen LogP contribution in [0.1, 0.15) is 70.5 Å². The van der Waals surface area contributed by atoms with E-state index in [4.69, 9.17) is 20.2 Å². The summed E-state index contributed by atoms with van der Waals surface area (Å²) in [5, 5.41) is 1.19. The SMILES string of the molecule is C=CCCC(C)=N/C(=C\C)c1ccc2c(c1)c(CC(C)(C)COC=C)c(-c1cccnc1C(N)OC)n2CC. The van der Waals surface area contributed by atoms with Gasteiger partial charge in [-0.2, -0.15) is 0 Å². The minimum Gasteiger partial charge on any atom is -0.501 e. The number of nitrogens with two attached hydrogens (primary N) is 1. The van der Waals surface area contributed by atoms with Crippen LogP contribution in [-0.4, -0.2) is 29.0 Å². The van der Waals surface area contributed by atoms with E-state index in [1.54, 1.807) is 13.3 Å². The molecule has 0 saturated heterocycles. The lowest BCUT2D eigenvalue weighted by Crippen LogP contribution is -2.22. The van der Waals surface area contributed by atoms with E-state index in [2.05, 4.69) is 80.7 Å². The Kier molecular flexibility index (Phi) is 10.4. The van der Waals surface area contributed by atoms with Gasteiger partial charge in [0, 0.05) is 53.0 Å². The number of benzene rings is 1. The minimum atomic E-state index is -0.632. The number of hydrogen-bond acceptors (Lipinski definition) is 5. The van der Waals surface area contributed by atoms with Crippen LogP contribution in [0.4, 0.5) is 0 Å². The molecule has 0 fully saturated rings. The molecule has 0 aliphatic heterocycles. The number of aliphatic imine (C=N–C) groups is 1. The van der Waals surface area contributed by atoms with Gasteiger partial charge in [-0.25, -0.2) is 0 Å². The first-order chi connectivity index (χ1) is 18.7. The van der Waals surface area contributed by atoms with Gasteiger partial charge in [-0.05, 0) is 69.9 Å². The summed E-state index contributed by atoms with van der Waals surface area (Å²) in [7, 11) is 1.61. The zero-order valence-corrected chi connectivity index (χ0v) is 24.5. The summed E-state index contributed by atoms with van der Waals surface area (Å²) in [6.45, 7) is 19.6. The summed E-state index contributed by atoms with van der Waals surface area (Å²) < 4.78 is 13.5. The molecular formula is C33H44N4O2. The first-order valence-electron chi connectivity index (χ1n) is 13.6. The zero-order chi connectivity index (χ0) is 28.6. The van der Waals surface area contributed by atoms with E-state index in [1.165, 1.54) is 17.2 Å². The van der Waals surface area contributed by atoms with Crippen LogP contribution in [-0.2, 0) is 22.4 Å². The van der Waals surface area contributed by atoms with Gasteiger partial charge in [0.15, 0.2) is 0 Å². The molecule has 0 aliphatic carbocycles. The number of fused-ring (bicyclic) bond motifs is 1. The first kappa shape index (κ1) is 30.1. The van der Waals surface area contributed by atoms with E-state index >= 15 is 0 Å². The number of pyridine rings is 1. The number of nitrogens with zero attached hydrogens (tertiary/aromatic N) is 3. The highest BCUT2D eigenvalue weighted by atomic mass is 16.5. The number of hydrogen-bond donors (Lipinski definition) is 1. The van der Waals surface area contributed by atoms with Gasteiger partial charge in [0.1, 0.15) is 6.23 Å². The Hall–Kier alpha value is -3.48. The minimum absolute atomic E-state index is 0.152. The van der Waals surface area contributed by atoms with Crippen LogP contribution in [0.25, 0.3) is 27.9 Å². The Labute approximate surface area is 234 Å². The molecule has 0 amide bonds. The summed E-state index contributed by atoms with van der Waals surface area (Å²) in [6, 6.07) is 10.7. The van der Waals surface area contributed by atoms with E-state index in [-0.39, 0.29) is 5.41 Å². The number of aryl methyl sites for hydroxylation is 1. The van der Waals surface area contributed by atoms with Crippen LogP contribution in [0.15, 0.2) is 73.1 Å². The maximum absolute atomic E-state index is 6.37. The molecule has 2 N–H and O–H groups in total. The monoisotopic (exact) mass is 528 g/mol. The molecule has 0 radical (unpaired) electrons.